The van der Waals surface area contributed by atoms with Crippen LogP contribution in [0.3, 0.4) is 0 Å². The summed E-state index contributed by atoms with van der Waals surface area (Å²) in [6.07, 6.45) is -0.982. The van der Waals surface area contributed by atoms with Crippen molar-refractivity contribution in [2.45, 2.75) is 26.4 Å². The van der Waals surface area contributed by atoms with Gasteiger partial charge in [-0.15, -0.1) is 0 Å². The molecule has 2 rings (SSSR count). The first kappa shape index (κ1) is 22.3. The van der Waals surface area contributed by atoms with Crippen molar-refractivity contribution in [3.8, 4) is 11.5 Å². The van der Waals surface area contributed by atoms with E-state index in [0.29, 0.717) is 29.6 Å². The summed E-state index contributed by atoms with van der Waals surface area (Å²) in [7, 11) is 1.51. The maximum atomic E-state index is 13.0. The standard InChI is InChI=1S/C22H24F3NO3/c1-15(2)12-13-29-19-10-8-16(14-20(19)28-3)9-11-21(27)26-18-7-5-4-6-17(18)22(23,24)25/h4-11,14-15H,12-13H2,1-3H3,(H,26,27)/b11-9+. The molecule has 0 fully saturated rings. The SMILES string of the molecule is COc1cc(/C=C/C(=O)Nc2ccccc2C(F)(F)F)ccc1OCCC(C)C. The van der Waals surface area contributed by atoms with E-state index in [1.807, 2.05) is 0 Å². The van der Waals surface area contributed by atoms with Gasteiger partial charge in [0.25, 0.3) is 0 Å². The molecule has 0 heterocycles. The van der Waals surface area contributed by atoms with Crippen LogP contribution in [-0.4, -0.2) is 19.6 Å². The third kappa shape index (κ3) is 6.85. The number of methoxy groups -OCH3 is 1. The highest BCUT2D eigenvalue weighted by atomic mass is 19.4. The van der Waals surface area contributed by atoms with Crippen LogP contribution in [0.15, 0.2) is 48.5 Å². The van der Waals surface area contributed by atoms with Gasteiger partial charge in [-0.2, -0.15) is 13.2 Å². The van der Waals surface area contributed by atoms with Crippen molar-refractivity contribution in [3.05, 3.63) is 59.7 Å². The van der Waals surface area contributed by atoms with Gasteiger partial charge in [-0.1, -0.05) is 32.0 Å². The van der Waals surface area contributed by atoms with Gasteiger partial charge in [0.15, 0.2) is 11.5 Å². The Labute approximate surface area is 168 Å². The number of nitrogens with one attached hydrogen (secondary N) is 1. The molecule has 2 aromatic carbocycles. The van der Waals surface area contributed by atoms with Crippen molar-refractivity contribution in [2.24, 2.45) is 5.92 Å². The van der Waals surface area contributed by atoms with E-state index in [0.717, 1.165) is 12.5 Å². The highest BCUT2D eigenvalue weighted by molar-refractivity contribution is 6.02. The van der Waals surface area contributed by atoms with Gasteiger partial charge in [-0.05, 0) is 48.2 Å². The van der Waals surface area contributed by atoms with E-state index in [-0.39, 0.29) is 5.69 Å². The van der Waals surface area contributed by atoms with Crippen molar-refractivity contribution in [1.29, 1.82) is 0 Å². The van der Waals surface area contributed by atoms with Crippen LogP contribution in [0.2, 0.25) is 0 Å². The Morgan fingerprint density at radius 3 is 2.52 bits per heavy atom. The molecule has 29 heavy (non-hydrogen) atoms. The molecule has 7 heteroatoms. The average Bonchev–Trinajstić information content (AvgIpc) is 2.66. The summed E-state index contributed by atoms with van der Waals surface area (Å²) in [6, 6.07) is 9.99. The molecule has 0 atom stereocenters. The Hall–Kier alpha value is -2.96. The van der Waals surface area contributed by atoms with Gasteiger partial charge in [0, 0.05) is 6.08 Å². The second-order valence-electron chi connectivity index (χ2n) is 6.81. The molecule has 0 saturated heterocycles. The number of carbonyl (C=O) groups is 1. The third-order valence-electron chi connectivity index (χ3n) is 4.06. The lowest BCUT2D eigenvalue weighted by atomic mass is 10.1. The second kappa shape index (κ2) is 10.0. The number of carbonyl (C=O) groups excluding carboxylic acids is 1. The number of rotatable bonds is 8. The normalized spacial score (nSPS) is 11.7. The summed E-state index contributed by atoms with van der Waals surface area (Å²) in [4.78, 5) is 12.1. The Kier molecular flexibility index (Phi) is 7.70. The predicted molar refractivity (Wildman–Crippen MR) is 107 cm³/mol. The Morgan fingerprint density at radius 1 is 1.14 bits per heavy atom. The van der Waals surface area contributed by atoms with E-state index in [1.165, 1.54) is 37.5 Å². The van der Waals surface area contributed by atoms with Crippen LogP contribution in [0, 0.1) is 5.92 Å². The molecule has 1 amide bonds. The topological polar surface area (TPSA) is 47.6 Å². The molecule has 0 saturated carbocycles. The number of ether oxygens (including phenoxy) is 2. The number of hydrogen-bond donors (Lipinski definition) is 1. The predicted octanol–water partition coefficient (Wildman–Crippen LogP) is 5.79. The van der Waals surface area contributed by atoms with Crippen LogP contribution in [0.1, 0.15) is 31.4 Å². The summed E-state index contributed by atoms with van der Waals surface area (Å²) in [5.41, 5.74) is -0.537. The maximum absolute atomic E-state index is 13.0. The molecule has 0 radical (unpaired) electrons. The molecule has 0 unspecified atom stereocenters. The van der Waals surface area contributed by atoms with Crippen LogP contribution in [-0.2, 0) is 11.0 Å². The molecule has 0 aliphatic rings. The largest absolute Gasteiger partial charge is 0.493 e. The number of anilines is 1. The zero-order valence-electron chi connectivity index (χ0n) is 16.5. The Bertz CT molecular complexity index is 861. The number of alkyl halides is 3. The van der Waals surface area contributed by atoms with Gasteiger partial charge < -0.3 is 14.8 Å². The average molecular weight is 407 g/mol. The summed E-state index contributed by atoms with van der Waals surface area (Å²) in [6.45, 7) is 4.77. The molecular weight excluding hydrogens is 383 g/mol. The summed E-state index contributed by atoms with van der Waals surface area (Å²) in [5, 5.41) is 2.26. The van der Waals surface area contributed by atoms with Crippen LogP contribution in [0.5, 0.6) is 11.5 Å². The summed E-state index contributed by atoms with van der Waals surface area (Å²) in [5.74, 6) is 0.953. The van der Waals surface area contributed by atoms with E-state index in [1.54, 1.807) is 18.2 Å². The van der Waals surface area contributed by atoms with Crippen LogP contribution in [0.25, 0.3) is 6.08 Å². The van der Waals surface area contributed by atoms with Gasteiger partial charge in [-0.3, -0.25) is 4.79 Å². The fraction of sp³-hybridized carbons (Fsp3) is 0.318. The van der Waals surface area contributed by atoms with Crippen LogP contribution in [0.4, 0.5) is 18.9 Å². The van der Waals surface area contributed by atoms with Crippen LogP contribution >= 0.6 is 0 Å². The number of benzene rings is 2. The number of halogens is 3. The zero-order chi connectivity index (χ0) is 21.4. The van der Waals surface area contributed by atoms with Gasteiger partial charge >= 0.3 is 6.18 Å². The van der Waals surface area contributed by atoms with Crippen molar-refractivity contribution in [2.75, 3.05) is 19.0 Å². The van der Waals surface area contributed by atoms with Crippen molar-refractivity contribution in [3.63, 3.8) is 0 Å². The quantitative estimate of drug-likeness (QED) is 0.564. The van der Waals surface area contributed by atoms with E-state index in [2.05, 4.69) is 19.2 Å². The lowest BCUT2D eigenvalue weighted by Gasteiger charge is -2.13. The lowest BCUT2D eigenvalue weighted by molar-refractivity contribution is -0.136. The van der Waals surface area contributed by atoms with Gasteiger partial charge in [-0.25, -0.2) is 0 Å². The first-order valence-electron chi connectivity index (χ1n) is 9.17. The molecule has 4 nitrogen and oxygen atoms in total. The molecule has 2 aromatic rings. The molecule has 0 aromatic heterocycles. The zero-order valence-corrected chi connectivity index (χ0v) is 16.5. The lowest BCUT2D eigenvalue weighted by Crippen LogP contribution is -2.14. The Morgan fingerprint density at radius 2 is 1.86 bits per heavy atom. The number of amides is 1. The van der Waals surface area contributed by atoms with E-state index in [9.17, 15) is 18.0 Å². The molecule has 0 bridgehead atoms. The van der Waals surface area contributed by atoms with E-state index < -0.39 is 17.6 Å². The van der Waals surface area contributed by atoms with Crippen molar-refractivity contribution < 1.29 is 27.4 Å². The van der Waals surface area contributed by atoms with E-state index in [4.69, 9.17) is 9.47 Å². The maximum Gasteiger partial charge on any atom is 0.418 e. The molecule has 156 valence electrons. The fourth-order valence-electron chi connectivity index (χ4n) is 2.50. The Balaban J connectivity index is 2.07. The minimum Gasteiger partial charge on any atom is -0.493 e. The van der Waals surface area contributed by atoms with Crippen LogP contribution < -0.4 is 14.8 Å². The second-order valence-corrected chi connectivity index (χ2v) is 6.81. The molecule has 1 N–H and O–H groups in total. The molecule has 0 aliphatic heterocycles. The summed E-state index contributed by atoms with van der Waals surface area (Å²) < 4.78 is 50.0. The van der Waals surface area contributed by atoms with Crippen molar-refractivity contribution in [1.82, 2.24) is 0 Å². The third-order valence-corrected chi connectivity index (χ3v) is 4.06. The monoisotopic (exact) mass is 407 g/mol. The van der Waals surface area contributed by atoms with E-state index >= 15 is 0 Å². The molecular formula is C22H24F3NO3. The first-order chi connectivity index (χ1) is 13.7. The molecule has 0 aliphatic carbocycles. The number of hydrogen-bond acceptors (Lipinski definition) is 3. The highest BCUT2D eigenvalue weighted by Crippen LogP contribution is 2.34. The summed E-state index contributed by atoms with van der Waals surface area (Å²) >= 11 is 0. The van der Waals surface area contributed by atoms with Gasteiger partial charge in [0.05, 0.1) is 25.0 Å². The van der Waals surface area contributed by atoms with Gasteiger partial charge in [0.1, 0.15) is 0 Å². The molecule has 0 spiro atoms. The minimum absolute atomic E-state index is 0.291. The number of para-hydroxylation sites is 1. The minimum atomic E-state index is -4.55. The smallest absolute Gasteiger partial charge is 0.418 e. The fourth-order valence-corrected chi connectivity index (χ4v) is 2.50. The van der Waals surface area contributed by atoms with Gasteiger partial charge in [0.2, 0.25) is 5.91 Å². The van der Waals surface area contributed by atoms with Crippen molar-refractivity contribution >= 4 is 17.7 Å². The first-order valence-corrected chi connectivity index (χ1v) is 9.17. The highest BCUT2D eigenvalue weighted by Gasteiger charge is 2.33.